The normalized spacial score (nSPS) is 12.0. The molecule has 1 amide bonds. The van der Waals surface area contributed by atoms with Crippen LogP contribution in [0.3, 0.4) is 0 Å². The molecular weight excluding hydrogens is 348 g/mol. The number of rotatable bonds is 6. The molecule has 140 valence electrons. The number of anilines is 1. The number of carbonyl (C=O) groups is 1. The third kappa shape index (κ3) is 4.51. The van der Waals surface area contributed by atoms with Gasteiger partial charge in [-0.05, 0) is 55.7 Å². The highest BCUT2D eigenvalue weighted by molar-refractivity contribution is 7.89. The van der Waals surface area contributed by atoms with Crippen LogP contribution in [0.2, 0.25) is 0 Å². The SMILES string of the molecule is CC(C)c1ccc(NC(=O)c2cccc(S(=O)(=O)N(C)C(C)C)c2)cc1. The van der Waals surface area contributed by atoms with E-state index in [1.54, 1.807) is 26.0 Å². The summed E-state index contributed by atoms with van der Waals surface area (Å²) in [6.45, 7) is 7.81. The van der Waals surface area contributed by atoms with Gasteiger partial charge in [0.15, 0.2) is 0 Å². The van der Waals surface area contributed by atoms with Gasteiger partial charge >= 0.3 is 0 Å². The smallest absolute Gasteiger partial charge is 0.255 e. The van der Waals surface area contributed by atoms with Gasteiger partial charge in [-0.2, -0.15) is 4.31 Å². The van der Waals surface area contributed by atoms with Crippen molar-refractivity contribution in [3.8, 4) is 0 Å². The van der Waals surface area contributed by atoms with Crippen molar-refractivity contribution in [2.75, 3.05) is 12.4 Å². The molecule has 26 heavy (non-hydrogen) atoms. The van der Waals surface area contributed by atoms with Crippen molar-refractivity contribution < 1.29 is 13.2 Å². The van der Waals surface area contributed by atoms with E-state index in [0.29, 0.717) is 17.2 Å². The Labute approximate surface area is 156 Å². The van der Waals surface area contributed by atoms with Crippen molar-refractivity contribution in [2.45, 2.75) is 44.6 Å². The zero-order valence-corrected chi connectivity index (χ0v) is 16.7. The van der Waals surface area contributed by atoms with Crippen LogP contribution >= 0.6 is 0 Å². The first-order valence-electron chi connectivity index (χ1n) is 8.62. The standard InChI is InChI=1S/C20H26N2O3S/c1-14(2)16-9-11-18(12-10-16)21-20(23)17-7-6-8-19(13-17)26(24,25)22(5)15(3)4/h6-15H,1-5H3,(H,21,23). The van der Waals surface area contributed by atoms with Gasteiger partial charge < -0.3 is 5.32 Å². The summed E-state index contributed by atoms with van der Waals surface area (Å²) in [4.78, 5) is 12.6. The van der Waals surface area contributed by atoms with Gasteiger partial charge in [0.1, 0.15) is 0 Å². The van der Waals surface area contributed by atoms with E-state index in [-0.39, 0.29) is 16.8 Å². The van der Waals surface area contributed by atoms with Crippen molar-refractivity contribution in [3.05, 3.63) is 59.7 Å². The summed E-state index contributed by atoms with van der Waals surface area (Å²) in [5.74, 6) is 0.0751. The monoisotopic (exact) mass is 374 g/mol. The Morgan fingerprint density at radius 1 is 1.00 bits per heavy atom. The van der Waals surface area contributed by atoms with Gasteiger partial charge in [0, 0.05) is 24.3 Å². The van der Waals surface area contributed by atoms with Crippen LogP contribution in [-0.4, -0.2) is 31.7 Å². The van der Waals surface area contributed by atoms with E-state index in [0.717, 1.165) is 0 Å². The van der Waals surface area contributed by atoms with Crippen LogP contribution in [0.1, 0.15) is 49.5 Å². The molecule has 0 unspecified atom stereocenters. The van der Waals surface area contributed by atoms with Gasteiger partial charge in [0.2, 0.25) is 10.0 Å². The van der Waals surface area contributed by atoms with Crippen molar-refractivity contribution in [1.29, 1.82) is 0 Å². The highest BCUT2D eigenvalue weighted by Crippen LogP contribution is 2.20. The van der Waals surface area contributed by atoms with Gasteiger partial charge in [-0.3, -0.25) is 4.79 Å². The van der Waals surface area contributed by atoms with E-state index < -0.39 is 10.0 Å². The molecule has 0 fully saturated rings. The Kier molecular flexibility index (Phi) is 6.21. The van der Waals surface area contributed by atoms with Crippen molar-refractivity contribution in [1.82, 2.24) is 4.31 Å². The summed E-state index contributed by atoms with van der Waals surface area (Å²) in [6, 6.07) is 13.6. The molecule has 0 aromatic heterocycles. The van der Waals surface area contributed by atoms with Crippen LogP contribution in [0.5, 0.6) is 0 Å². The van der Waals surface area contributed by atoms with Crippen molar-refractivity contribution in [2.24, 2.45) is 0 Å². The first-order chi connectivity index (χ1) is 12.1. The predicted molar refractivity (Wildman–Crippen MR) is 105 cm³/mol. The Morgan fingerprint density at radius 2 is 1.62 bits per heavy atom. The van der Waals surface area contributed by atoms with E-state index in [9.17, 15) is 13.2 Å². The quantitative estimate of drug-likeness (QED) is 0.828. The van der Waals surface area contributed by atoms with Crippen LogP contribution < -0.4 is 5.32 Å². The molecule has 0 bridgehead atoms. The highest BCUT2D eigenvalue weighted by Gasteiger charge is 2.23. The molecule has 2 aromatic carbocycles. The fourth-order valence-corrected chi connectivity index (χ4v) is 3.81. The molecule has 0 heterocycles. The van der Waals surface area contributed by atoms with Crippen LogP contribution in [0.25, 0.3) is 0 Å². The topological polar surface area (TPSA) is 66.5 Å². The zero-order valence-electron chi connectivity index (χ0n) is 15.9. The van der Waals surface area contributed by atoms with Crippen LogP contribution in [0.15, 0.2) is 53.4 Å². The number of sulfonamides is 1. The number of nitrogens with one attached hydrogen (secondary N) is 1. The molecule has 0 atom stereocenters. The van der Waals surface area contributed by atoms with Gasteiger partial charge in [-0.15, -0.1) is 0 Å². The average molecular weight is 375 g/mol. The zero-order chi connectivity index (χ0) is 19.5. The molecule has 2 aromatic rings. The molecule has 2 rings (SSSR count). The first kappa shape index (κ1) is 20.1. The molecule has 0 aliphatic heterocycles. The second-order valence-electron chi connectivity index (χ2n) is 6.87. The van der Waals surface area contributed by atoms with Crippen molar-refractivity contribution in [3.63, 3.8) is 0 Å². The number of amides is 1. The molecule has 0 saturated carbocycles. The second-order valence-corrected chi connectivity index (χ2v) is 8.87. The predicted octanol–water partition coefficient (Wildman–Crippen LogP) is 4.09. The van der Waals surface area contributed by atoms with E-state index in [4.69, 9.17) is 0 Å². The molecule has 0 aliphatic carbocycles. The lowest BCUT2D eigenvalue weighted by molar-refractivity contribution is 0.102. The summed E-state index contributed by atoms with van der Waals surface area (Å²) >= 11 is 0. The number of nitrogens with zero attached hydrogens (tertiary/aromatic N) is 1. The largest absolute Gasteiger partial charge is 0.322 e. The lowest BCUT2D eigenvalue weighted by atomic mass is 10.0. The summed E-state index contributed by atoms with van der Waals surface area (Å²) < 4.78 is 26.5. The number of hydrogen-bond donors (Lipinski definition) is 1. The Balaban J connectivity index is 2.23. The van der Waals surface area contributed by atoms with Crippen LogP contribution in [0.4, 0.5) is 5.69 Å². The third-order valence-corrected chi connectivity index (χ3v) is 6.37. The Bertz CT molecular complexity index is 872. The van der Waals surface area contributed by atoms with Gasteiger partial charge in [-0.1, -0.05) is 32.0 Å². The van der Waals surface area contributed by atoms with E-state index in [1.807, 2.05) is 24.3 Å². The lowest BCUT2D eigenvalue weighted by Crippen LogP contribution is -2.33. The Hall–Kier alpha value is -2.18. The van der Waals surface area contributed by atoms with Gasteiger partial charge in [-0.25, -0.2) is 8.42 Å². The van der Waals surface area contributed by atoms with E-state index in [1.165, 1.54) is 29.0 Å². The minimum Gasteiger partial charge on any atom is -0.322 e. The molecular formula is C20H26N2O3S. The number of carbonyl (C=O) groups excluding carboxylic acids is 1. The summed E-state index contributed by atoms with van der Waals surface area (Å²) in [6.07, 6.45) is 0. The molecule has 5 nitrogen and oxygen atoms in total. The van der Waals surface area contributed by atoms with E-state index in [2.05, 4.69) is 19.2 Å². The maximum Gasteiger partial charge on any atom is 0.255 e. The third-order valence-electron chi connectivity index (χ3n) is 4.34. The average Bonchev–Trinajstić information content (AvgIpc) is 2.61. The molecule has 0 aliphatic rings. The summed E-state index contributed by atoms with van der Waals surface area (Å²) in [7, 11) is -2.10. The maximum absolute atomic E-state index is 12.6. The minimum atomic E-state index is -3.63. The molecule has 6 heteroatoms. The fourth-order valence-electron chi connectivity index (χ4n) is 2.40. The summed E-state index contributed by atoms with van der Waals surface area (Å²) in [5.41, 5.74) is 2.16. The molecule has 0 saturated heterocycles. The van der Waals surface area contributed by atoms with Crippen molar-refractivity contribution >= 4 is 21.6 Å². The number of benzene rings is 2. The fraction of sp³-hybridized carbons (Fsp3) is 0.350. The second kappa shape index (κ2) is 8.01. The minimum absolute atomic E-state index is 0.108. The maximum atomic E-state index is 12.6. The number of hydrogen-bond acceptors (Lipinski definition) is 3. The van der Waals surface area contributed by atoms with Gasteiger partial charge in [0.05, 0.1) is 4.90 Å². The van der Waals surface area contributed by atoms with Crippen LogP contribution in [0, 0.1) is 0 Å². The van der Waals surface area contributed by atoms with Crippen LogP contribution in [-0.2, 0) is 10.0 Å². The Morgan fingerprint density at radius 3 is 2.15 bits per heavy atom. The lowest BCUT2D eigenvalue weighted by Gasteiger charge is -2.21. The first-order valence-corrected chi connectivity index (χ1v) is 10.1. The van der Waals surface area contributed by atoms with Gasteiger partial charge in [0.25, 0.3) is 5.91 Å². The molecule has 0 radical (unpaired) electrons. The van der Waals surface area contributed by atoms with E-state index >= 15 is 0 Å². The highest BCUT2D eigenvalue weighted by atomic mass is 32.2. The molecule has 0 spiro atoms. The summed E-state index contributed by atoms with van der Waals surface area (Å²) in [5, 5.41) is 2.81. The molecule has 1 N–H and O–H groups in total.